The molecule has 0 saturated heterocycles. The lowest BCUT2D eigenvalue weighted by Gasteiger charge is -2.19. The van der Waals surface area contributed by atoms with E-state index < -0.39 is 0 Å². The molecule has 0 saturated carbocycles. The highest BCUT2D eigenvalue weighted by atomic mass is 35.5. The minimum Gasteiger partial charge on any atom is -0.352 e. The van der Waals surface area contributed by atoms with Gasteiger partial charge in [-0.1, -0.05) is 32.9 Å². The molecule has 0 bridgehead atoms. The van der Waals surface area contributed by atoms with Crippen LogP contribution in [0.1, 0.15) is 42.4 Å². The third kappa shape index (κ3) is 4.90. The first-order chi connectivity index (χ1) is 9.47. The van der Waals surface area contributed by atoms with E-state index in [0.29, 0.717) is 12.1 Å². The highest BCUT2D eigenvalue weighted by molar-refractivity contribution is 5.94. The molecule has 0 aliphatic rings. The Kier molecular flexibility index (Phi) is 5.97. The van der Waals surface area contributed by atoms with Crippen molar-refractivity contribution in [2.45, 2.75) is 32.6 Å². The van der Waals surface area contributed by atoms with Crippen LogP contribution < -0.4 is 5.32 Å². The zero-order chi connectivity index (χ0) is 14.6. The lowest BCUT2D eigenvalue weighted by atomic mass is 9.87. The van der Waals surface area contributed by atoms with Crippen molar-refractivity contribution in [1.29, 1.82) is 0 Å². The molecule has 1 heterocycles. The van der Waals surface area contributed by atoms with Gasteiger partial charge >= 0.3 is 0 Å². The Morgan fingerprint density at radius 1 is 1.24 bits per heavy atom. The van der Waals surface area contributed by atoms with Gasteiger partial charge < -0.3 is 10.3 Å². The van der Waals surface area contributed by atoms with Crippen molar-refractivity contribution in [3.8, 4) is 0 Å². The number of nitrogens with one attached hydrogen (secondary N) is 2. The number of carbonyl (C=O) groups excluding carboxylic acids is 1. The van der Waals surface area contributed by atoms with Crippen LogP contribution in [-0.4, -0.2) is 22.4 Å². The lowest BCUT2D eigenvalue weighted by molar-refractivity contribution is 0.0954. The summed E-state index contributed by atoms with van der Waals surface area (Å²) < 4.78 is 0. The molecule has 4 nitrogen and oxygen atoms in total. The summed E-state index contributed by atoms with van der Waals surface area (Å²) in [5.41, 5.74) is 3.05. The van der Waals surface area contributed by atoms with E-state index in [1.165, 1.54) is 5.56 Å². The second kappa shape index (κ2) is 7.27. The van der Waals surface area contributed by atoms with E-state index in [1.807, 2.05) is 24.3 Å². The summed E-state index contributed by atoms with van der Waals surface area (Å²) in [5.74, 6) is -0.0371. The normalized spacial score (nSPS) is 10.8. The molecule has 1 amide bonds. The van der Waals surface area contributed by atoms with Gasteiger partial charge in [-0.3, -0.25) is 4.79 Å². The van der Waals surface area contributed by atoms with E-state index in [0.717, 1.165) is 12.1 Å². The van der Waals surface area contributed by atoms with E-state index in [1.54, 1.807) is 12.5 Å². The summed E-state index contributed by atoms with van der Waals surface area (Å²) in [6, 6.07) is 7.80. The molecule has 21 heavy (non-hydrogen) atoms. The van der Waals surface area contributed by atoms with E-state index in [9.17, 15) is 4.79 Å². The summed E-state index contributed by atoms with van der Waals surface area (Å²) in [7, 11) is 0. The third-order valence-corrected chi connectivity index (χ3v) is 3.25. The van der Waals surface area contributed by atoms with Crippen molar-refractivity contribution in [3.05, 3.63) is 53.6 Å². The number of nitrogens with zero attached hydrogens (tertiary/aromatic N) is 1. The fourth-order valence-corrected chi connectivity index (χ4v) is 1.96. The molecule has 0 unspecified atom stereocenters. The molecule has 2 N–H and O–H groups in total. The minimum absolute atomic E-state index is 0. The maximum atomic E-state index is 12.0. The number of H-pyrrole nitrogens is 1. The largest absolute Gasteiger partial charge is 0.352 e. The molecule has 1 aromatic carbocycles. The smallest absolute Gasteiger partial charge is 0.251 e. The van der Waals surface area contributed by atoms with Gasteiger partial charge in [0.05, 0.1) is 6.33 Å². The molecule has 114 valence electrons. The van der Waals surface area contributed by atoms with Gasteiger partial charge in [0, 0.05) is 30.4 Å². The Morgan fingerprint density at radius 2 is 1.90 bits per heavy atom. The van der Waals surface area contributed by atoms with Crippen LogP contribution in [0, 0.1) is 0 Å². The second-order valence-electron chi connectivity index (χ2n) is 5.91. The van der Waals surface area contributed by atoms with Crippen molar-refractivity contribution < 1.29 is 4.79 Å². The molecule has 0 radical (unpaired) electrons. The lowest BCUT2D eigenvalue weighted by Crippen LogP contribution is -2.25. The molecule has 2 aromatic rings. The van der Waals surface area contributed by atoms with Crippen molar-refractivity contribution in [2.24, 2.45) is 0 Å². The number of rotatable bonds is 4. The highest BCUT2D eigenvalue weighted by Crippen LogP contribution is 2.22. The predicted molar refractivity (Wildman–Crippen MR) is 87.0 cm³/mol. The molecule has 0 atom stereocenters. The van der Waals surface area contributed by atoms with Crippen LogP contribution in [-0.2, 0) is 11.8 Å². The number of aromatic amines is 1. The number of hydrogen-bond acceptors (Lipinski definition) is 2. The van der Waals surface area contributed by atoms with Crippen LogP contribution in [0.2, 0.25) is 0 Å². The Morgan fingerprint density at radius 3 is 2.43 bits per heavy atom. The SMILES string of the molecule is CC(C)(C)c1ccc(C(=O)NCCc2cnc[nH]2)cc1.Cl. The zero-order valence-electron chi connectivity index (χ0n) is 12.6. The van der Waals surface area contributed by atoms with E-state index in [-0.39, 0.29) is 23.7 Å². The van der Waals surface area contributed by atoms with Crippen LogP contribution >= 0.6 is 12.4 Å². The molecule has 1 aromatic heterocycles. The van der Waals surface area contributed by atoms with Gasteiger partial charge in [-0.25, -0.2) is 4.98 Å². The Balaban J connectivity index is 0.00000220. The number of aromatic nitrogens is 2. The number of hydrogen-bond donors (Lipinski definition) is 2. The third-order valence-electron chi connectivity index (χ3n) is 3.25. The van der Waals surface area contributed by atoms with Crippen molar-refractivity contribution in [2.75, 3.05) is 6.54 Å². The first-order valence-corrected chi connectivity index (χ1v) is 6.83. The average molecular weight is 308 g/mol. The van der Waals surface area contributed by atoms with Gasteiger partial charge in [-0.05, 0) is 23.1 Å². The molecular weight excluding hydrogens is 286 g/mol. The molecule has 5 heteroatoms. The monoisotopic (exact) mass is 307 g/mol. The summed E-state index contributed by atoms with van der Waals surface area (Å²) in [6.07, 6.45) is 4.17. The fourth-order valence-electron chi connectivity index (χ4n) is 1.96. The Bertz CT molecular complexity index is 556. The van der Waals surface area contributed by atoms with Crippen LogP contribution in [0.15, 0.2) is 36.8 Å². The molecule has 2 rings (SSSR count). The van der Waals surface area contributed by atoms with Crippen LogP contribution in [0.4, 0.5) is 0 Å². The number of imidazole rings is 1. The summed E-state index contributed by atoms with van der Waals surface area (Å²) in [4.78, 5) is 19.0. The number of halogens is 1. The number of carbonyl (C=O) groups is 1. The first-order valence-electron chi connectivity index (χ1n) is 6.83. The zero-order valence-corrected chi connectivity index (χ0v) is 13.5. The fraction of sp³-hybridized carbons (Fsp3) is 0.375. The molecular formula is C16H22ClN3O. The average Bonchev–Trinajstić information content (AvgIpc) is 2.91. The Hall–Kier alpha value is -1.81. The molecule has 0 aliphatic heterocycles. The van der Waals surface area contributed by atoms with Crippen molar-refractivity contribution in [3.63, 3.8) is 0 Å². The summed E-state index contributed by atoms with van der Waals surface area (Å²) in [6.45, 7) is 7.08. The van der Waals surface area contributed by atoms with Crippen molar-refractivity contribution >= 4 is 18.3 Å². The van der Waals surface area contributed by atoms with Gasteiger partial charge in [0.15, 0.2) is 0 Å². The van der Waals surface area contributed by atoms with Crippen LogP contribution in [0.3, 0.4) is 0 Å². The number of benzene rings is 1. The minimum atomic E-state index is -0.0371. The summed E-state index contributed by atoms with van der Waals surface area (Å²) in [5, 5.41) is 2.91. The first kappa shape index (κ1) is 17.2. The molecule has 0 fully saturated rings. The van der Waals surface area contributed by atoms with Gasteiger partial charge in [-0.15, -0.1) is 12.4 Å². The molecule has 0 spiro atoms. The van der Waals surface area contributed by atoms with Crippen LogP contribution in [0.5, 0.6) is 0 Å². The van der Waals surface area contributed by atoms with Gasteiger partial charge in [0.1, 0.15) is 0 Å². The number of amides is 1. The quantitative estimate of drug-likeness (QED) is 0.912. The van der Waals surface area contributed by atoms with E-state index in [2.05, 4.69) is 36.1 Å². The van der Waals surface area contributed by atoms with Gasteiger partial charge in [0.2, 0.25) is 0 Å². The summed E-state index contributed by atoms with van der Waals surface area (Å²) >= 11 is 0. The highest BCUT2D eigenvalue weighted by Gasteiger charge is 2.14. The van der Waals surface area contributed by atoms with Crippen LogP contribution in [0.25, 0.3) is 0 Å². The van der Waals surface area contributed by atoms with Crippen molar-refractivity contribution in [1.82, 2.24) is 15.3 Å². The predicted octanol–water partition coefficient (Wildman–Crippen LogP) is 3.10. The maximum absolute atomic E-state index is 12.0. The van der Waals surface area contributed by atoms with Gasteiger partial charge in [0.25, 0.3) is 5.91 Å². The topological polar surface area (TPSA) is 57.8 Å². The van der Waals surface area contributed by atoms with Gasteiger partial charge in [-0.2, -0.15) is 0 Å². The Labute approximate surface area is 131 Å². The van der Waals surface area contributed by atoms with E-state index in [4.69, 9.17) is 0 Å². The van der Waals surface area contributed by atoms with E-state index >= 15 is 0 Å². The molecule has 0 aliphatic carbocycles. The second-order valence-corrected chi connectivity index (χ2v) is 5.91. The standard InChI is InChI=1S/C16H21N3O.ClH/c1-16(2,3)13-6-4-12(5-7-13)15(20)18-9-8-14-10-17-11-19-14;/h4-7,10-11H,8-9H2,1-3H3,(H,17,19)(H,18,20);1H. The maximum Gasteiger partial charge on any atom is 0.251 e.